The van der Waals surface area contributed by atoms with E-state index in [2.05, 4.69) is 14.4 Å². The summed E-state index contributed by atoms with van der Waals surface area (Å²) in [4.78, 5) is 15.1. The zero-order valence-electron chi connectivity index (χ0n) is 10.5. The van der Waals surface area contributed by atoms with Gasteiger partial charge < -0.3 is 4.74 Å². The number of ether oxygens (including phenoxy) is 1. The highest BCUT2D eigenvalue weighted by atomic mass is 32.2. The summed E-state index contributed by atoms with van der Waals surface area (Å²) in [5.41, 5.74) is 0.659. The molecule has 18 heavy (non-hydrogen) atoms. The van der Waals surface area contributed by atoms with Crippen molar-refractivity contribution in [2.75, 3.05) is 7.11 Å². The summed E-state index contributed by atoms with van der Waals surface area (Å²) in [6.45, 7) is 3.48. The summed E-state index contributed by atoms with van der Waals surface area (Å²) >= 11 is 0. The summed E-state index contributed by atoms with van der Waals surface area (Å²) in [6.07, 6.45) is 1.30. The van der Waals surface area contributed by atoms with Crippen molar-refractivity contribution in [3.63, 3.8) is 0 Å². The number of hydrogen-bond donors (Lipinski definition) is 1. The van der Waals surface area contributed by atoms with Gasteiger partial charge in [0.05, 0.1) is 18.4 Å². The Kier molecular flexibility index (Phi) is 4.80. The minimum absolute atomic E-state index is 0.163. The topological polar surface area (TPSA) is 85.4 Å². The molecule has 0 aliphatic rings. The van der Waals surface area contributed by atoms with E-state index in [1.54, 1.807) is 13.8 Å². The normalized spacial score (nSPS) is 11.6. The Labute approximate surface area is 106 Å². The Bertz CT molecular complexity index is 508. The Hall–Kier alpha value is -1.47. The van der Waals surface area contributed by atoms with Crippen LogP contribution in [0.3, 0.4) is 0 Å². The third-order valence-corrected chi connectivity index (χ3v) is 3.51. The number of pyridine rings is 1. The molecule has 1 rings (SSSR count). The van der Waals surface area contributed by atoms with E-state index in [0.29, 0.717) is 5.69 Å². The summed E-state index contributed by atoms with van der Waals surface area (Å²) in [6, 6.07) is 2.81. The molecule has 0 aromatic carbocycles. The Morgan fingerprint density at radius 1 is 1.44 bits per heavy atom. The van der Waals surface area contributed by atoms with E-state index in [9.17, 15) is 13.2 Å². The van der Waals surface area contributed by atoms with E-state index in [1.165, 1.54) is 25.4 Å². The number of carbonyl (C=O) groups excluding carboxylic acids is 1. The van der Waals surface area contributed by atoms with Gasteiger partial charge in [-0.2, -0.15) is 0 Å². The minimum atomic E-state index is -3.40. The fourth-order valence-electron chi connectivity index (χ4n) is 1.34. The van der Waals surface area contributed by atoms with Gasteiger partial charge in [-0.25, -0.2) is 17.9 Å². The number of nitrogens with one attached hydrogen (secondary N) is 1. The molecule has 6 nitrogen and oxygen atoms in total. The van der Waals surface area contributed by atoms with Crippen LogP contribution in [0.4, 0.5) is 0 Å². The molecule has 0 amide bonds. The second-order valence-corrected chi connectivity index (χ2v) is 5.82. The van der Waals surface area contributed by atoms with E-state index < -0.39 is 16.0 Å². The number of sulfonamides is 1. The van der Waals surface area contributed by atoms with E-state index in [4.69, 9.17) is 0 Å². The predicted octanol–water partition coefficient (Wildman–Crippen LogP) is 0.696. The third-order valence-electron chi connectivity index (χ3n) is 2.00. The highest BCUT2D eigenvalue weighted by Crippen LogP contribution is 2.05. The first-order chi connectivity index (χ1) is 8.34. The quantitative estimate of drug-likeness (QED) is 0.797. The summed E-state index contributed by atoms with van der Waals surface area (Å²) in [7, 11) is -2.13. The lowest BCUT2D eigenvalue weighted by Crippen LogP contribution is -2.31. The second-order valence-electron chi connectivity index (χ2n) is 4.06. The maximum Gasteiger partial charge on any atom is 0.339 e. The molecule has 100 valence electrons. The number of esters is 1. The molecule has 0 fully saturated rings. The smallest absolute Gasteiger partial charge is 0.339 e. The van der Waals surface area contributed by atoms with Crippen LogP contribution >= 0.6 is 0 Å². The van der Waals surface area contributed by atoms with Crippen molar-refractivity contribution in [2.24, 2.45) is 0 Å². The molecule has 1 N–H and O–H groups in total. The van der Waals surface area contributed by atoms with Crippen molar-refractivity contribution in [1.82, 2.24) is 9.71 Å². The molecule has 0 spiro atoms. The van der Waals surface area contributed by atoms with Crippen molar-refractivity contribution in [1.29, 1.82) is 0 Å². The van der Waals surface area contributed by atoms with Crippen LogP contribution in [0.2, 0.25) is 0 Å². The molecule has 1 aromatic rings. The van der Waals surface area contributed by atoms with E-state index in [0.717, 1.165) is 0 Å². The first-order valence-corrected chi connectivity index (χ1v) is 7.02. The lowest BCUT2D eigenvalue weighted by atomic mass is 10.2. The number of hydrogen-bond acceptors (Lipinski definition) is 5. The largest absolute Gasteiger partial charge is 0.465 e. The first-order valence-electron chi connectivity index (χ1n) is 5.37. The summed E-state index contributed by atoms with van der Waals surface area (Å²) in [5.74, 6) is -0.718. The van der Waals surface area contributed by atoms with Crippen LogP contribution in [0.1, 0.15) is 29.9 Å². The number of nitrogens with zero attached hydrogens (tertiary/aromatic N) is 1. The molecule has 0 bridgehead atoms. The van der Waals surface area contributed by atoms with Crippen LogP contribution in [0.25, 0.3) is 0 Å². The fourth-order valence-corrected chi connectivity index (χ4v) is 2.71. The first kappa shape index (κ1) is 14.6. The average molecular weight is 272 g/mol. The van der Waals surface area contributed by atoms with Gasteiger partial charge in [0.25, 0.3) is 0 Å². The van der Waals surface area contributed by atoms with Crippen LogP contribution in [0.15, 0.2) is 18.3 Å². The van der Waals surface area contributed by atoms with Gasteiger partial charge in [-0.15, -0.1) is 0 Å². The van der Waals surface area contributed by atoms with Crippen LogP contribution in [0, 0.1) is 0 Å². The standard InChI is InChI=1S/C11H16N2O4S/c1-8(2)13-18(15,16)7-10-5-4-9(6-12-10)11(14)17-3/h4-6,8,13H,7H2,1-3H3. The highest BCUT2D eigenvalue weighted by Gasteiger charge is 2.14. The molecule has 1 aromatic heterocycles. The van der Waals surface area contributed by atoms with Crippen LogP contribution in [0.5, 0.6) is 0 Å². The van der Waals surface area contributed by atoms with Gasteiger partial charge in [-0.05, 0) is 26.0 Å². The molecule has 0 aliphatic heterocycles. The Morgan fingerprint density at radius 3 is 2.56 bits per heavy atom. The van der Waals surface area contributed by atoms with Gasteiger partial charge >= 0.3 is 5.97 Å². The predicted molar refractivity (Wildman–Crippen MR) is 66.5 cm³/mol. The molecule has 7 heteroatoms. The van der Waals surface area contributed by atoms with Gasteiger partial charge in [0.15, 0.2) is 0 Å². The van der Waals surface area contributed by atoms with Crippen molar-refractivity contribution in [2.45, 2.75) is 25.6 Å². The monoisotopic (exact) mass is 272 g/mol. The highest BCUT2D eigenvalue weighted by molar-refractivity contribution is 7.88. The lowest BCUT2D eigenvalue weighted by Gasteiger charge is -2.09. The van der Waals surface area contributed by atoms with Crippen molar-refractivity contribution < 1.29 is 17.9 Å². The Balaban J connectivity index is 2.78. The third kappa shape index (κ3) is 4.42. The SMILES string of the molecule is COC(=O)c1ccc(CS(=O)(=O)NC(C)C)nc1. The number of carbonyl (C=O) groups is 1. The summed E-state index contributed by atoms with van der Waals surface area (Å²) in [5, 5.41) is 0. The maximum absolute atomic E-state index is 11.6. The molecule has 0 atom stereocenters. The maximum atomic E-state index is 11.6. The van der Waals surface area contributed by atoms with Crippen molar-refractivity contribution in [3.05, 3.63) is 29.6 Å². The van der Waals surface area contributed by atoms with E-state index >= 15 is 0 Å². The average Bonchev–Trinajstić information content (AvgIpc) is 2.26. The molecular formula is C11H16N2O4S. The van der Waals surface area contributed by atoms with Gasteiger partial charge in [-0.1, -0.05) is 0 Å². The van der Waals surface area contributed by atoms with Crippen LogP contribution in [-0.2, 0) is 20.5 Å². The molecule has 0 aliphatic carbocycles. The molecule has 1 heterocycles. The zero-order valence-corrected chi connectivity index (χ0v) is 11.3. The number of aromatic nitrogens is 1. The number of rotatable bonds is 5. The van der Waals surface area contributed by atoms with Gasteiger partial charge in [0.1, 0.15) is 5.75 Å². The Morgan fingerprint density at radius 2 is 2.11 bits per heavy atom. The van der Waals surface area contributed by atoms with Crippen LogP contribution < -0.4 is 4.72 Å². The molecule has 0 saturated carbocycles. The van der Waals surface area contributed by atoms with Gasteiger partial charge in [0, 0.05) is 12.2 Å². The van der Waals surface area contributed by atoms with Gasteiger partial charge in [0.2, 0.25) is 10.0 Å². The molecule has 0 saturated heterocycles. The summed E-state index contributed by atoms with van der Waals surface area (Å²) < 4.78 is 30.3. The molecular weight excluding hydrogens is 256 g/mol. The zero-order chi connectivity index (χ0) is 13.8. The minimum Gasteiger partial charge on any atom is -0.465 e. The lowest BCUT2D eigenvalue weighted by molar-refractivity contribution is 0.0600. The number of methoxy groups -OCH3 is 1. The van der Waals surface area contributed by atoms with E-state index in [-0.39, 0.29) is 17.4 Å². The molecule has 0 unspecified atom stereocenters. The van der Waals surface area contributed by atoms with Crippen molar-refractivity contribution >= 4 is 16.0 Å². The van der Waals surface area contributed by atoms with Gasteiger partial charge in [-0.3, -0.25) is 4.98 Å². The van der Waals surface area contributed by atoms with Crippen LogP contribution in [-0.4, -0.2) is 32.5 Å². The van der Waals surface area contributed by atoms with E-state index in [1.807, 2.05) is 0 Å². The molecule has 0 radical (unpaired) electrons. The second kappa shape index (κ2) is 5.92. The fraction of sp³-hybridized carbons (Fsp3) is 0.455. The van der Waals surface area contributed by atoms with Crippen molar-refractivity contribution in [3.8, 4) is 0 Å².